The molecule has 7 heteroatoms. The lowest BCUT2D eigenvalue weighted by atomic mass is 9.90. The molecule has 1 aromatic carbocycles. The minimum atomic E-state index is -0.236. The van der Waals surface area contributed by atoms with Crippen LogP contribution in [-0.4, -0.2) is 42.3 Å². The predicted octanol–water partition coefficient (Wildman–Crippen LogP) is 4.70. The Hall–Kier alpha value is -3.06. The maximum Gasteiger partial charge on any atom is 0.271 e. The van der Waals surface area contributed by atoms with Crippen LogP contribution in [0.4, 0.5) is 0 Å². The Kier molecular flexibility index (Phi) is 5.62. The van der Waals surface area contributed by atoms with Gasteiger partial charge in [0.1, 0.15) is 5.69 Å². The van der Waals surface area contributed by atoms with Crippen LogP contribution in [0.3, 0.4) is 0 Å². The van der Waals surface area contributed by atoms with Crippen molar-refractivity contribution in [2.24, 2.45) is 0 Å². The molecule has 0 saturated heterocycles. The number of nitrogens with one attached hydrogen (secondary N) is 1. The van der Waals surface area contributed by atoms with Gasteiger partial charge in [-0.05, 0) is 67.5 Å². The number of carbonyl (C=O) groups excluding carboxylic acids is 2. The number of hydrogen-bond acceptors (Lipinski definition) is 5. The van der Waals surface area contributed by atoms with Crippen molar-refractivity contribution in [3.63, 3.8) is 0 Å². The third-order valence-corrected chi connectivity index (χ3v) is 6.88. The van der Waals surface area contributed by atoms with Gasteiger partial charge in [0.15, 0.2) is 17.3 Å². The van der Waals surface area contributed by atoms with Crippen molar-refractivity contribution < 1.29 is 19.1 Å². The first-order valence-corrected chi connectivity index (χ1v) is 11.0. The highest BCUT2D eigenvalue weighted by atomic mass is 32.1. The zero-order chi connectivity index (χ0) is 22.3. The van der Waals surface area contributed by atoms with Crippen molar-refractivity contribution in [1.82, 2.24) is 9.88 Å². The molecule has 4 rings (SSSR count). The third kappa shape index (κ3) is 3.53. The lowest BCUT2D eigenvalue weighted by molar-refractivity contribution is 0.0690. The molecule has 0 spiro atoms. The van der Waals surface area contributed by atoms with E-state index in [-0.39, 0.29) is 17.7 Å². The van der Waals surface area contributed by atoms with Gasteiger partial charge >= 0.3 is 0 Å². The monoisotopic (exact) mass is 438 g/mol. The van der Waals surface area contributed by atoms with E-state index < -0.39 is 0 Å². The minimum absolute atomic E-state index is 0.0408. The molecule has 0 fully saturated rings. The standard InChI is InChI=1S/C24H26N2O4S/c1-13-21(15(3)27)14(2)25-22(13)24(28)26-9-8-16-11-18(29-4)19(30-5)12-17(16)23(26)20-7-6-10-31-20/h6-7,10-12,23,25H,8-9H2,1-5H3/t23-/m1/s1. The second-order valence-corrected chi connectivity index (χ2v) is 8.73. The molecule has 1 N–H and O–H groups in total. The van der Waals surface area contributed by atoms with E-state index in [1.54, 1.807) is 25.6 Å². The number of carbonyl (C=O) groups is 2. The van der Waals surface area contributed by atoms with Gasteiger partial charge in [-0.1, -0.05) is 6.07 Å². The molecule has 1 amide bonds. The van der Waals surface area contributed by atoms with E-state index >= 15 is 0 Å². The summed E-state index contributed by atoms with van der Waals surface area (Å²) in [7, 11) is 3.24. The number of aromatic amines is 1. The molecule has 3 heterocycles. The van der Waals surface area contributed by atoms with E-state index in [9.17, 15) is 9.59 Å². The smallest absolute Gasteiger partial charge is 0.271 e. The molecule has 6 nitrogen and oxygen atoms in total. The van der Waals surface area contributed by atoms with Crippen LogP contribution in [0.25, 0.3) is 0 Å². The number of aromatic nitrogens is 1. The molecule has 0 aliphatic carbocycles. The number of thiophene rings is 1. The number of hydrogen-bond donors (Lipinski definition) is 1. The van der Waals surface area contributed by atoms with E-state index in [1.807, 2.05) is 42.3 Å². The fourth-order valence-corrected chi connectivity index (χ4v) is 5.41. The lowest BCUT2D eigenvalue weighted by Crippen LogP contribution is -2.40. The Bertz CT molecular complexity index is 1150. The second-order valence-electron chi connectivity index (χ2n) is 7.75. The summed E-state index contributed by atoms with van der Waals surface area (Å²) in [5, 5.41) is 2.02. The Morgan fingerprint density at radius 2 is 1.87 bits per heavy atom. The average Bonchev–Trinajstić information content (AvgIpc) is 3.38. The quantitative estimate of drug-likeness (QED) is 0.586. The number of amides is 1. The number of rotatable bonds is 5. The van der Waals surface area contributed by atoms with Gasteiger partial charge in [0.25, 0.3) is 5.91 Å². The molecule has 162 valence electrons. The van der Waals surface area contributed by atoms with Gasteiger partial charge in [-0.25, -0.2) is 0 Å². The number of aryl methyl sites for hydroxylation is 1. The summed E-state index contributed by atoms with van der Waals surface area (Å²) in [6, 6.07) is 7.80. The largest absolute Gasteiger partial charge is 0.493 e. The summed E-state index contributed by atoms with van der Waals surface area (Å²) in [5.41, 5.74) is 4.69. The van der Waals surface area contributed by atoms with E-state index in [4.69, 9.17) is 9.47 Å². The van der Waals surface area contributed by atoms with Gasteiger partial charge in [0.05, 0.1) is 20.3 Å². The summed E-state index contributed by atoms with van der Waals surface area (Å²) in [6.07, 6.45) is 0.710. The molecule has 0 unspecified atom stereocenters. The van der Waals surface area contributed by atoms with Crippen molar-refractivity contribution in [1.29, 1.82) is 0 Å². The first-order chi connectivity index (χ1) is 14.9. The molecule has 1 aliphatic heterocycles. The van der Waals surface area contributed by atoms with Crippen molar-refractivity contribution >= 4 is 23.0 Å². The Balaban J connectivity index is 1.83. The van der Waals surface area contributed by atoms with E-state index in [1.165, 1.54) is 6.92 Å². The molecule has 31 heavy (non-hydrogen) atoms. The summed E-state index contributed by atoms with van der Waals surface area (Å²) < 4.78 is 11.0. The zero-order valence-electron chi connectivity index (χ0n) is 18.4. The highest BCUT2D eigenvalue weighted by molar-refractivity contribution is 7.10. The van der Waals surface area contributed by atoms with Crippen LogP contribution in [-0.2, 0) is 6.42 Å². The number of H-pyrrole nitrogens is 1. The fourth-order valence-electron chi connectivity index (χ4n) is 4.55. The van der Waals surface area contributed by atoms with Crippen molar-refractivity contribution in [2.45, 2.75) is 33.2 Å². The number of ether oxygens (including phenoxy) is 2. The number of Topliss-reactive ketones (excluding diaryl/α,β-unsaturated/α-hetero) is 1. The van der Waals surface area contributed by atoms with Crippen LogP contribution in [0.2, 0.25) is 0 Å². The van der Waals surface area contributed by atoms with Gasteiger partial charge in [0, 0.05) is 22.7 Å². The number of methoxy groups -OCH3 is 2. The van der Waals surface area contributed by atoms with Crippen LogP contribution < -0.4 is 9.47 Å². The maximum absolute atomic E-state index is 13.7. The van der Waals surface area contributed by atoms with Crippen LogP contribution in [0.1, 0.15) is 61.1 Å². The summed E-state index contributed by atoms with van der Waals surface area (Å²) >= 11 is 1.62. The van der Waals surface area contributed by atoms with Crippen LogP contribution in [0.15, 0.2) is 29.6 Å². The molecular formula is C24H26N2O4S. The molecule has 1 aliphatic rings. The molecular weight excluding hydrogens is 412 g/mol. The van der Waals surface area contributed by atoms with Gasteiger partial charge in [-0.15, -0.1) is 11.3 Å². The van der Waals surface area contributed by atoms with Gasteiger partial charge < -0.3 is 19.4 Å². The van der Waals surface area contributed by atoms with Crippen LogP contribution in [0.5, 0.6) is 11.5 Å². The highest BCUT2D eigenvalue weighted by Crippen LogP contribution is 2.42. The lowest BCUT2D eigenvalue weighted by Gasteiger charge is -2.37. The minimum Gasteiger partial charge on any atom is -0.493 e. The molecule has 2 aromatic heterocycles. The Morgan fingerprint density at radius 3 is 2.45 bits per heavy atom. The predicted molar refractivity (Wildman–Crippen MR) is 121 cm³/mol. The summed E-state index contributed by atoms with van der Waals surface area (Å²) in [5.74, 6) is 1.18. The first-order valence-electron chi connectivity index (χ1n) is 10.2. The normalized spacial score (nSPS) is 15.5. The third-order valence-electron chi connectivity index (χ3n) is 5.95. The number of ketones is 1. The zero-order valence-corrected chi connectivity index (χ0v) is 19.2. The summed E-state index contributed by atoms with van der Waals surface area (Å²) in [4.78, 5) is 31.9. The van der Waals surface area contributed by atoms with E-state index in [0.717, 1.165) is 21.7 Å². The molecule has 0 radical (unpaired) electrons. The number of fused-ring (bicyclic) bond motifs is 1. The van der Waals surface area contributed by atoms with E-state index in [2.05, 4.69) is 11.1 Å². The van der Waals surface area contributed by atoms with Gasteiger partial charge in [0.2, 0.25) is 0 Å². The molecule has 0 saturated carbocycles. The maximum atomic E-state index is 13.7. The fraction of sp³-hybridized carbons (Fsp3) is 0.333. The molecule has 0 bridgehead atoms. The van der Waals surface area contributed by atoms with Crippen LogP contribution in [0, 0.1) is 13.8 Å². The molecule has 3 aromatic rings. The molecule has 1 atom stereocenters. The van der Waals surface area contributed by atoms with Crippen LogP contribution >= 0.6 is 11.3 Å². The highest BCUT2D eigenvalue weighted by Gasteiger charge is 2.36. The Morgan fingerprint density at radius 1 is 1.16 bits per heavy atom. The van der Waals surface area contributed by atoms with Crippen molar-refractivity contribution in [3.05, 3.63) is 68.2 Å². The van der Waals surface area contributed by atoms with Gasteiger partial charge in [-0.3, -0.25) is 9.59 Å². The summed E-state index contributed by atoms with van der Waals surface area (Å²) in [6.45, 7) is 5.76. The number of benzene rings is 1. The van der Waals surface area contributed by atoms with Gasteiger partial charge in [-0.2, -0.15) is 0 Å². The first kappa shape index (κ1) is 21.2. The average molecular weight is 439 g/mol. The second kappa shape index (κ2) is 8.23. The van der Waals surface area contributed by atoms with E-state index in [0.29, 0.717) is 41.3 Å². The Labute approximate surface area is 185 Å². The number of nitrogens with zero attached hydrogens (tertiary/aromatic N) is 1. The SMILES string of the molecule is COc1cc2c(cc1OC)[C@H](c1cccs1)N(C(=O)c1[nH]c(C)c(C(C)=O)c1C)CC2. The van der Waals surface area contributed by atoms with Crippen molar-refractivity contribution in [3.8, 4) is 11.5 Å². The topological polar surface area (TPSA) is 71.6 Å². The van der Waals surface area contributed by atoms with Crippen molar-refractivity contribution in [2.75, 3.05) is 20.8 Å².